The second kappa shape index (κ2) is 8.35. The van der Waals surface area contributed by atoms with E-state index in [-0.39, 0.29) is 18.5 Å². The molecule has 2 saturated carbocycles. The average Bonchev–Trinajstić information content (AvgIpc) is 3.35. The molecule has 28 heavy (non-hydrogen) atoms. The molecule has 2 aliphatic carbocycles. The van der Waals surface area contributed by atoms with Gasteiger partial charge in [0.15, 0.2) is 0 Å². The lowest BCUT2D eigenvalue weighted by Gasteiger charge is -2.42. The van der Waals surface area contributed by atoms with Gasteiger partial charge >= 0.3 is 5.97 Å². The van der Waals surface area contributed by atoms with Gasteiger partial charge in [0.05, 0.1) is 6.54 Å². The van der Waals surface area contributed by atoms with E-state index in [1.807, 2.05) is 18.3 Å². The maximum absolute atomic E-state index is 12.3. The third-order valence-electron chi connectivity index (χ3n) is 6.05. The van der Waals surface area contributed by atoms with Crippen molar-refractivity contribution in [2.24, 2.45) is 5.92 Å². The zero-order chi connectivity index (χ0) is 19.5. The number of aromatic amines is 1. The van der Waals surface area contributed by atoms with E-state index in [0.29, 0.717) is 18.4 Å². The molecule has 3 N–H and O–H groups in total. The van der Waals surface area contributed by atoms with E-state index in [1.54, 1.807) is 0 Å². The Bertz CT molecular complexity index is 836. The Kier molecular flexibility index (Phi) is 5.67. The van der Waals surface area contributed by atoms with Gasteiger partial charge in [0.25, 0.3) is 0 Å². The van der Waals surface area contributed by atoms with Crippen molar-refractivity contribution in [3.8, 4) is 0 Å². The van der Waals surface area contributed by atoms with Crippen LogP contribution in [0.4, 0.5) is 0 Å². The minimum absolute atomic E-state index is 0.107. The molecule has 0 aliphatic heterocycles. The summed E-state index contributed by atoms with van der Waals surface area (Å²) in [6.07, 6.45) is 8.47. The van der Waals surface area contributed by atoms with Crippen molar-refractivity contribution in [2.45, 2.75) is 57.0 Å². The summed E-state index contributed by atoms with van der Waals surface area (Å²) in [4.78, 5) is 28.7. The Morgan fingerprint density at radius 1 is 1.21 bits per heavy atom. The van der Waals surface area contributed by atoms with Gasteiger partial charge in [-0.2, -0.15) is 0 Å². The molecule has 4 rings (SSSR count). The molecular weight excluding hydrogens is 354 g/mol. The van der Waals surface area contributed by atoms with E-state index in [1.165, 1.54) is 23.8 Å². The number of amides is 1. The summed E-state index contributed by atoms with van der Waals surface area (Å²) in [5.74, 6) is 0.0261. The monoisotopic (exact) mass is 383 g/mol. The van der Waals surface area contributed by atoms with Gasteiger partial charge < -0.3 is 15.4 Å². The van der Waals surface area contributed by atoms with Crippen LogP contribution in [0.15, 0.2) is 30.5 Å². The molecule has 0 atom stereocenters. The highest BCUT2D eigenvalue weighted by molar-refractivity contribution is 5.83. The van der Waals surface area contributed by atoms with Crippen LogP contribution in [0.2, 0.25) is 0 Å². The van der Waals surface area contributed by atoms with Crippen LogP contribution < -0.4 is 5.32 Å². The van der Waals surface area contributed by atoms with Gasteiger partial charge in [0, 0.05) is 42.1 Å². The number of carboxylic acids is 1. The zero-order valence-electron chi connectivity index (χ0n) is 16.2. The number of hydrogen-bond donors (Lipinski definition) is 3. The van der Waals surface area contributed by atoms with Crippen LogP contribution in [-0.4, -0.2) is 52.0 Å². The van der Waals surface area contributed by atoms with Crippen molar-refractivity contribution in [3.63, 3.8) is 0 Å². The van der Waals surface area contributed by atoms with E-state index in [0.717, 1.165) is 37.7 Å². The Hall–Kier alpha value is -2.34. The van der Waals surface area contributed by atoms with E-state index in [2.05, 4.69) is 27.3 Å². The summed E-state index contributed by atoms with van der Waals surface area (Å²) < 4.78 is 0. The number of H-pyrrole nitrogens is 1. The molecule has 1 aromatic carbocycles. The molecule has 6 nitrogen and oxygen atoms in total. The molecule has 2 aromatic rings. The molecule has 0 radical (unpaired) electrons. The third kappa shape index (κ3) is 4.73. The number of aliphatic carboxylic acids is 1. The number of carbonyl (C=O) groups excluding carboxylic acids is 1. The Labute approximate surface area is 165 Å². The van der Waals surface area contributed by atoms with Crippen molar-refractivity contribution in [1.29, 1.82) is 0 Å². The highest BCUT2D eigenvalue weighted by Crippen LogP contribution is 2.33. The van der Waals surface area contributed by atoms with E-state index < -0.39 is 5.97 Å². The maximum atomic E-state index is 12.3. The normalized spacial score (nSPS) is 21.6. The molecule has 2 fully saturated rings. The van der Waals surface area contributed by atoms with Gasteiger partial charge in [-0.25, -0.2) is 0 Å². The standard InChI is InChI=1S/C22H29N3O3/c26-21(7-3-4-16-12-23-20-6-2-1-5-19(16)20)24-17-10-18(11-17)25(14-22(27)28)13-15-8-9-15/h1-2,5-6,12,15,17-18,23H,3-4,7-11,13-14H2,(H,24,26)(H,27,28). The summed E-state index contributed by atoms with van der Waals surface area (Å²) in [6, 6.07) is 8.73. The molecule has 0 spiro atoms. The van der Waals surface area contributed by atoms with Crippen molar-refractivity contribution in [1.82, 2.24) is 15.2 Å². The molecule has 150 valence electrons. The molecule has 1 amide bonds. The van der Waals surface area contributed by atoms with Crippen LogP contribution in [0, 0.1) is 5.92 Å². The molecule has 2 aliphatic rings. The van der Waals surface area contributed by atoms with Gasteiger partial charge in [0.2, 0.25) is 5.91 Å². The summed E-state index contributed by atoms with van der Waals surface area (Å²) >= 11 is 0. The minimum atomic E-state index is -0.759. The van der Waals surface area contributed by atoms with Crippen LogP contribution in [0.5, 0.6) is 0 Å². The first-order valence-corrected chi connectivity index (χ1v) is 10.4. The second-order valence-electron chi connectivity index (χ2n) is 8.37. The van der Waals surface area contributed by atoms with Gasteiger partial charge in [-0.3, -0.25) is 14.5 Å². The number of benzene rings is 1. The van der Waals surface area contributed by atoms with Gasteiger partial charge in [0.1, 0.15) is 0 Å². The van der Waals surface area contributed by atoms with Crippen LogP contribution >= 0.6 is 0 Å². The maximum Gasteiger partial charge on any atom is 0.317 e. The van der Waals surface area contributed by atoms with E-state index in [9.17, 15) is 9.59 Å². The van der Waals surface area contributed by atoms with Gasteiger partial charge in [-0.05, 0) is 56.1 Å². The first kappa shape index (κ1) is 19.0. The molecule has 1 heterocycles. The summed E-state index contributed by atoms with van der Waals surface area (Å²) in [6.45, 7) is 1.01. The molecule has 6 heteroatoms. The average molecular weight is 383 g/mol. The lowest BCUT2D eigenvalue weighted by atomic mass is 9.85. The number of hydrogen-bond acceptors (Lipinski definition) is 3. The van der Waals surface area contributed by atoms with Crippen molar-refractivity contribution < 1.29 is 14.7 Å². The SMILES string of the molecule is O=C(O)CN(CC1CC1)C1CC(NC(=O)CCCc2c[nH]c3ccccc23)C1. The molecule has 0 unspecified atom stereocenters. The minimum Gasteiger partial charge on any atom is -0.480 e. The summed E-state index contributed by atoms with van der Waals surface area (Å²) in [5, 5.41) is 13.5. The fraction of sp³-hybridized carbons (Fsp3) is 0.545. The first-order valence-electron chi connectivity index (χ1n) is 10.4. The molecular formula is C22H29N3O3. The lowest BCUT2D eigenvalue weighted by molar-refractivity contribution is -0.140. The van der Waals surface area contributed by atoms with Gasteiger partial charge in [-0.1, -0.05) is 18.2 Å². The highest BCUT2D eigenvalue weighted by Gasteiger charge is 2.37. The number of aryl methyl sites for hydroxylation is 1. The van der Waals surface area contributed by atoms with Crippen molar-refractivity contribution in [2.75, 3.05) is 13.1 Å². The van der Waals surface area contributed by atoms with E-state index >= 15 is 0 Å². The number of carboxylic acid groups (broad SMARTS) is 1. The third-order valence-corrected chi connectivity index (χ3v) is 6.05. The zero-order valence-corrected chi connectivity index (χ0v) is 16.2. The van der Waals surface area contributed by atoms with Crippen molar-refractivity contribution >= 4 is 22.8 Å². The topological polar surface area (TPSA) is 85.4 Å². The number of nitrogens with one attached hydrogen (secondary N) is 2. The number of carbonyl (C=O) groups is 2. The lowest BCUT2D eigenvalue weighted by Crippen LogP contribution is -2.55. The van der Waals surface area contributed by atoms with Gasteiger partial charge in [-0.15, -0.1) is 0 Å². The summed E-state index contributed by atoms with van der Waals surface area (Å²) in [7, 11) is 0. The predicted octanol–water partition coefficient (Wildman–Crippen LogP) is 2.93. The molecule has 0 bridgehead atoms. The predicted molar refractivity (Wildman–Crippen MR) is 108 cm³/mol. The summed E-state index contributed by atoms with van der Waals surface area (Å²) in [5.41, 5.74) is 2.40. The van der Waals surface area contributed by atoms with E-state index in [4.69, 9.17) is 5.11 Å². The largest absolute Gasteiger partial charge is 0.480 e. The number of aromatic nitrogens is 1. The number of fused-ring (bicyclic) bond motifs is 1. The Morgan fingerprint density at radius 2 is 2.00 bits per heavy atom. The molecule has 0 saturated heterocycles. The fourth-order valence-corrected chi connectivity index (χ4v) is 4.23. The number of nitrogens with zero attached hydrogens (tertiary/aromatic N) is 1. The number of para-hydroxylation sites is 1. The van der Waals surface area contributed by atoms with Crippen molar-refractivity contribution in [3.05, 3.63) is 36.0 Å². The smallest absolute Gasteiger partial charge is 0.317 e. The quantitative estimate of drug-likeness (QED) is 0.589. The molecule has 1 aromatic heterocycles. The second-order valence-corrected chi connectivity index (χ2v) is 8.37. The number of rotatable bonds is 10. The van der Waals surface area contributed by atoms with Crippen LogP contribution in [0.25, 0.3) is 10.9 Å². The van der Waals surface area contributed by atoms with Crippen LogP contribution in [0.1, 0.15) is 44.1 Å². The fourth-order valence-electron chi connectivity index (χ4n) is 4.23. The highest BCUT2D eigenvalue weighted by atomic mass is 16.4. The van der Waals surface area contributed by atoms with Crippen LogP contribution in [0.3, 0.4) is 0 Å². The van der Waals surface area contributed by atoms with Crippen LogP contribution in [-0.2, 0) is 16.0 Å². The Balaban J connectivity index is 1.17. The first-order chi connectivity index (χ1) is 13.6. The Morgan fingerprint density at radius 3 is 2.75 bits per heavy atom.